The van der Waals surface area contributed by atoms with Gasteiger partial charge in [-0.15, -0.1) is 0 Å². The smallest absolute Gasteiger partial charge is 0.346 e. The van der Waals surface area contributed by atoms with E-state index >= 15 is 0 Å². The summed E-state index contributed by atoms with van der Waals surface area (Å²) < 4.78 is 21.2. The maximum absolute atomic E-state index is 11.1. The summed E-state index contributed by atoms with van der Waals surface area (Å²) >= 11 is 0. The van der Waals surface area contributed by atoms with Crippen LogP contribution in [-0.4, -0.2) is 44.5 Å². The summed E-state index contributed by atoms with van der Waals surface area (Å²) in [6.07, 6.45) is 1.18. The highest BCUT2D eigenvalue weighted by molar-refractivity contribution is 5.98. The minimum Gasteiger partial charge on any atom is -0.493 e. The molecule has 0 saturated heterocycles. The number of carboxylic acid groups (broad SMARTS) is 1. The van der Waals surface area contributed by atoms with Crippen molar-refractivity contribution in [3.05, 3.63) is 23.3 Å². The van der Waals surface area contributed by atoms with Crippen molar-refractivity contribution in [3.8, 4) is 29.2 Å². The average molecular weight is 344 g/mol. The van der Waals surface area contributed by atoms with E-state index < -0.39 is 11.5 Å². The van der Waals surface area contributed by atoms with Gasteiger partial charge in [0.05, 0.1) is 34.0 Å². The summed E-state index contributed by atoms with van der Waals surface area (Å²) in [5.74, 6) is -0.0127. The predicted octanol–water partition coefficient (Wildman–Crippen LogP) is 2.26. The van der Waals surface area contributed by atoms with Gasteiger partial charge in [-0.05, 0) is 12.1 Å². The van der Waals surface area contributed by atoms with E-state index in [9.17, 15) is 4.79 Å². The van der Waals surface area contributed by atoms with Crippen LogP contribution < -0.4 is 18.9 Å². The summed E-state index contributed by atoms with van der Waals surface area (Å²) in [5.41, 5.74) is 0.371. The van der Waals surface area contributed by atoms with E-state index in [1.54, 1.807) is 18.2 Å². The summed E-state index contributed by atoms with van der Waals surface area (Å²) in [6, 6.07) is 4.88. The topological polar surface area (TPSA) is 111 Å². The van der Waals surface area contributed by atoms with E-state index in [-0.39, 0.29) is 5.88 Å². The number of nitrogens with zero attached hydrogens (tertiary/aromatic N) is 2. The van der Waals surface area contributed by atoms with E-state index in [1.807, 2.05) is 0 Å². The molecule has 1 heterocycles. The average Bonchev–Trinajstić information content (AvgIpc) is 2.63. The van der Waals surface area contributed by atoms with Gasteiger partial charge in [-0.1, -0.05) is 0 Å². The van der Waals surface area contributed by atoms with E-state index in [2.05, 4.69) is 4.98 Å². The lowest BCUT2D eigenvalue weighted by Gasteiger charge is -2.15. The highest BCUT2D eigenvalue weighted by Crippen LogP contribution is 2.44. The van der Waals surface area contributed by atoms with Gasteiger partial charge in [0.25, 0.3) is 0 Å². The Kier molecular flexibility index (Phi) is 5.29. The standard InChI is InChI=1S/C17H16N2O6/c1-22-13-7-12-11(14(23-2)15(13)24-3)6-9(16(19-12)25-4)5-10(8-18)17(20)21/h5-7H,1-4H3,(H,20,21). The molecule has 1 aromatic heterocycles. The van der Waals surface area contributed by atoms with Gasteiger partial charge in [-0.25, -0.2) is 9.78 Å². The molecule has 0 bridgehead atoms. The lowest BCUT2D eigenvalue weighted by Crippen LogP contribution is -2.01. The number of ether oxygens (including phenoxy) is 4. The van der Waals surface area contributed by atoms with Gasteiger partial charge < -0.3 is 24.1 Å². The fourth-order valence-corrected chi connectivity index (χ4v) is 2.35. The molecule has 0 fully saturated rings. The van der Waals surface area contributed by atoms with Crippen LogP contribution in [0.15, 0.2) is 17.7 Å². The van der Waals surface area contributed by atoms with Gasteiger partial charge in [0.15, 0.2) is 11.5 Å². The number of carboxylic acids is 1. The number of aromatic nitrogens is 1. The number of hydrogen-bond donors (Lipinski definition) is 1. The van der Waals surface area contributed by atoms with Crippen LogP contribution in [0.2, 0.25) is 0 Å². The third kappa shape index (κ3) is 3.26. The number of benzene rings is 1. The highest BCUT2D eigenvalue weighted by Gasteiger charge is 2.19. The summed E-state index contributed by atoms with van der Waals surface area (Å²) in [6.45, 7) is 0. The van der Waals surface area contributed by atoms with Crippen LogP contribution in [0.5, 0.6) is 23.1 Å². The highest BCUT2D eigenvalue weighted by atomic mass is 16.5. The second-order valence-corrected chi connectivity index (χ2v) is 4.77. The monoisotopic (exact) mass is 344 g/mol. The van der Waals surface area contributed by atoms with E-state index in [1.165, 1.54) is 34.5 Å². The molecule has 1 aromatic carbocycles. The van der Waals surface area contributed by atoms with Crippen LogP contribution in [0.3, 0.4) is 0 Å². The van der Waals surface area contributed by atoms with Crippen molar-refractivity contribution in [2.75, 3.05) is 28.4 Å². The largest absolute Gasteiger partial charge is 0.493 e. The number of nitriles is 1. The predicted molar refractivity (Wildman–Crippen MR) is 89.2 cm³/mol. The van der Waals surface area contributed by atoms with Crippen molar-refractivity contribution in [1.82, 2.24) is 4.98 Å². The Bertz CT molecular complexity index is 898. The fourth-order valence-electron chi connectivity index (χ4n) is 2.35. The van der Waals surface area contributed by atoms with Crippen molar-refractivity contribution in [1.29, 1.82) is 5.26 Å². The van der Waals surface area contributed by atoms with Crippen molar-refractivity contribution < 1.29 is 28.8 Å². The number of pyridine rings is 1. The SMILES string of the molecule is COc1cc2nc(OC)c(C=C(C#N)C(=O)O)cc2c(OC)c1OC. The molecule has 25 heavy (non-hydrogen) atoms. The molecule has 0 aliphatic carbocycles. The Morgan fingerprint density at radius 3 is 2.28 bits per heavy atom. The first-order valence-electron chi connectivity index (χ1n) is 7.03. The lowest BCUT2D eigenvalue weighted by atomic mass is 10.1. The zero-order chi connectivity index (χ0) is 18.6. The van der Waals surface area contributed by atoms with Crippen LogP contribution in [0, 0.1) is 11.3 Å². The van der Waals surface area contributed by atoms with Crippen LogP contribution in [0.1, 0.15) is 5.56 Å². The Morgan fingerprint density at radius 1 is 1.12 bits per heavy atom. The molecule has 2 aromatic rings. The minimum absolute atomic E-state index is 0.163. The zero-order valence-electron chi connectivity index (χ0n) is 14.1. The maximum Gasteiger partial charge on any atom is 0.346 e. The Hall–Kier alpha value is -3.47. The number of aliphatic carboxylic acids is 1. The number of rotatable bonds is 6. The van der Waals surface area contributed by atoms with Crippen LogP contribution in [0.25, 0.3) is 17.0 Å². The molecule has 0 atom stereocenters. The molecule has 1 N–H and O–H groups in total. The van der Waals surface area contributed by atoms with E-state index in [0.717, 1.165) is 0 Å². The van der Waals surface area contributed by atoms with Crippen molar-refractivity contribution in [2.45, 2.75) is 0 Å². The number of methoxy groups -OCH3 is 4. The van der Waals surface area contributed by atoms with Crippen molar-refractivity contribution in [3.63, 3.8) is 0 Å². The van der Waals surface area contributed by atoms with Gasteiger partial charge in [0, 0.05) is 17.0 Å². The molecule has 8 heteroatoms. The molecule has 2 rings (SSSR count). The molecule has 0 radical (unpaired) electrons. The normalized spacial score (nSPS) is 10.9. The third-order valence-corrected chi connectivity index (χ3v) is 3.46. The number of fused-ring (bicyclic) bond motifs is 1. The molecular weight excluding hydrogens is 328 g/mol. The van der Waals surface area contributed by atoms with Crippen molar-refractivity contribution >= 4 is 22.9 Å². The molecular formula is C17H16N2O6. The Balaban J connectivity index is 2.86. The first-order valence-corrected chi connectivity index (χ1v) is 7.03. The number of hydrogen-bond acceptors (Lipinski definition) is 7. The lowest BCUT2D eigenvalue weighted by molar-refractivity contribution is -0.132. The van der Waals surface area contributed by atoms with E-state index in [0.29, 0.717) is 33.7 Å². The molecule has 0 aliphatic rings. The van der Waals surface area contributed by atoms with Gasteiger partial charge in [0.1, 0.15) is 11.6 Å². The second kappa shape index (κ2) is 7.40. The second-order valence-electron chi connectivity index (χ2n) is 4.77. The molecule has 0 spiro atoms. The molecule has 0 saturated carbocycles. The van der Waals surface area contributed by atoms with Gasteiger partial charge in [0.2, 0.25) is 11.6 Å². The van der Waals surface area contributed by atoms with Gasteiger partial charge in [-0.2, -0.15) is 5.26 Å². The Morgan fingerprint density at radius 2 is 1.80 bits per heavy atom. The van der Waals surface area contributed by atoms with Crippen molar-refractivity contribution in [2.24, 2.45) is 0 Å². The number of carbonyl (C=O) groups is 1. The molecule has 0 amide bonds. The van der Waals surface area contributed by atoms with Gasteiger partial charge >= 0.3 is 5.97 Å². The molecule has 8 nitrogen and oxygen atoms in total. The molecule has 0 unspecified atom stereocenters. The summed E-state index contributed by atoms with van der Waals surface area (Å²) in [5, 5.41) is 18.6. The summed E-state index contributed by atoms with van der Waals surface area (Å²) in [7, 11) is 5.83. The third-order valence-electron chi connectivity index (χ3n) is 3.46. The maximum atomic E-state index is 11.1. The van der Waals surface area contributed by atoms with Crippen LogP contribution in [-0.2, 0) is 4.79 Å². The van der Waals surface area contributed by atoms with Gasteiger partial charge in [-0.3, -0.25) is 0 Å². The fraction of sp³-hybridized carbons (Fsp3) is 0.235. The first kappa shape index (κ1) is 17.9. The Labute approximate surface area is 143 Å². The quantitative estimate of drug-likeness (QED) is 0.627. The zero-order valence-corrected chi connectivity index (χ0v) is 14.1. The first-order chi connectivity index (χ1) is 12.0. The van der Waals surface area contributed by atoms with Crippen LogP contribution in [0.4, 0.5) is 0 Å². The summed E-state index contributed by atoms with van der Waals surface area (Å²) in [4.78, 5) is 15.4. The van der Waals surface area contributed by atoms with Crippen LogP contribution >= 0.6 is 0 Å². The minimum atomic E-state index is -1.34. The molecule has 0 aliphatic heterocycles. The molecule has 130 valence electrons. The van der Waals surface area contributed by atoms with E-state index in [4.69, 9.17) is 29.3 Å².